The lowest BCUT2D eigenvalue weighted by Crippen LogP contribution is -1.98. The van der Waals surface area contributed by atoms with Crippen molar-refractivity contribution in [3.63, 3.8) is 0 Å². The molecule has 0 aliphatic heterocycles. The average Bonchev–Trinajstić information content (AvgIpc) is 2.06. The summed E-state index contributed by atoms with van der Waals surface area (Å²) in [4.78, 5) is 0. The van der Waals surface area contributed by atoms with Crippen molar-refractivity contribution < 1.29 is 0 Å². The molecular weight excluding hydrogens is 247 g/mol. The van der Waals surface area contributed by atoms with E-state index in [1.807, 2.05) is 0 Å². The molecule has 0 saturated heterocycles. The second-order valence-corrected chi connectivity index (χ2v) is 3.92. The maximum Gasteiger partial charge on any atom is 0.0168 e. The Kier molecular flexibility index (Phi) is 1.98. The van der Waals surface area contributed by atoms with E-state index in [1.165, 1.54) is 14.7 Å². The van der Waals surface area contributed by atoms with Gasteiger partial charge < -0.3 is 0 Å². The van der Waals surface area contributed by atoms with Gasteiger partial charge >= 0.3 is 0 Å². The molecule has 0 bridgehead atoms. The highest BCUT2D eigenvalue weighted by molar-refractivity contribution is 14.1. The van der Waals surface area contributed by atoms with Crippen molar-refractivity contribution in [2.24, 2.45) is 0 Å². The summed E-state index contributed by atoms with van der Waals surface area (Å²) in [5.74, 6) is 0. The average molecular weight is 256 g/mol. The quantitative estimate of drug-likeness (QED) is 0.494. The molecule has 2 rings (SSSR count). The van der Waals surface area contributed by atoms with E-state index in [0.29, 0.717) is 0 Å². The van der Waals surface area contributed by atoms with Gasteiger partial charge in [-0.2, -0.15) is 0 Å². The molecule has 1 aromatic rings. The Morgan fingerprint density at radius 2 is 1.91 bits per heavy atom. The van der Waals surface area contributed by atoms with Crippen LogP contribution in [0.1, 0.15) is 11.1 Å². The van der Waals surface area contributed by atoms with Crippen LogP contribution in [0.5, 0.6) is 0 Å². The van der Waals surface area contributed by atoms with Crippen LogP contribution in [0, 0.1) is 3.57 Å². The minimum absolute atomic E-state index is 1.12. The molecule has 0 saturated carbocycles. The van der Waals surface area contributed by atoms with Gasteiger partial charge in [0.05, 0.1) is 0 Å². The molecule has 11 heavy (non-hydrogen) atoms. The summed E-state index contributed by atoms with van der Waals surface area (Å²) in [7, 11) is 0. The first-order valence-electron chi connectivity index (χ1n) is 3.79. The zero-order chi connectivity index (χ0) is 7.68. The Labute approximate surface area is 80.5 Å². The Morgan fingerprint density at radius 3 is 2.73 bits per heavy atom. The van der Waals surface area contributed by atoms with Gasteiger partial charge in [-0.05, 0) is 52.6 Å². The van der Waals surface area contributed by atoms with Gasteiger partial charge in [0.1, 0.15) is 0 Å². The van der Waals surface area contributed by atoms with E-state index in [1.54, 1.807) is 0 Å². The number of allylic oxidation sites excluding steroid dienone is 2. The second-order valence-electron chi connectivity index (χ2n) is 2.76. The molecule has 0 N–H and O–H groups in total. The van der Waals surface area contributed by atoms with Gasteiger partial charge in [-0.1, -0.05) is 24.3 Å². The molecule has 0 aromatic heterocycles. The topological polar surface area (TPSA) is 0 Å². The second kappa shape index (κ2) is 2.97. The molecule has 0 radical (unpaired) electrons. The molecule has 0 unspecified atom stereocenters. The Hall–Kier alpha value is -0.310. The lowest BCUT2D eigenvalue weighted by atomic mass is 9.97. The van der Waals surface area contributed by atoms with Crippen LogP contribution in [0.15, 0.2) is 30.4 Å². The molecule has 1 aromatic carbocycles. The van der Waals surface area contributed by atoms with Crippen LogP contribution in [0.4, 0.5) is 0 Å². The fourth-order valence-corrected chi connectivity index (χ4v) is 2.21. The van der Waals surface area contributed by atoms with Crippen LogP contribution in [0.3, 0.4) is 0 Å². The molecule has 0 fully saturated rings. The standard InChI is InChI=1S/C10H9I/c11-10-7-3-5-8-4-1-2-6-9(8)10/h1-3,5,7H,4,6H2. The lowest BCUT2D eigenvalue weighted by Gasteiger charge is -2.11. The normalized spacial score (nSPS) is 14.6. The summed E-state index contributed by atoms with van der Waals surface area (Å²) >= 11 is 2.41. The highest BCUT2D eigenvalue weighted by Crippen LogP contribution is 2.21. The zero-order valence-corrected chi connectivity index (χ0v) is 8.34. The summed E-state index contributed by atoms with van der Waals surface area (Å²) in [5.41, 5.74) is 3.02. The molecule has 1 aliphatic rings. The molecule has 0 atom stereocenters. The maximum atomic E-state index is 2.41. The van der Waals surface area contributed by atoms with E-state index in [-0.39, 0.29) is 0 Å². The lowest BCUT2D eigenvalue weighted by molar-refractivity contribution is 1.08. The fraction of sp³-hybridized carbons (Fsp3) is 0.200. The first-order chi connectivity index (χ1) is 5.38. The van der Waals surface area contributed by atoms with Crippen LogP contribution >= 0.6 is 22.6 Å². The van der Waals surface area contributed by atoms with Crippen LogP contribution < -0.4 is 0 Å². The minimum Gasteiger partial charge on any atom is -0.0838 e. The van der Waals surface area contributed by atoms with Crippen molar-refractivity contribution in [2.45, 2.75) is 12.8 Å². The predicted octanol–water partition coefficient (Wildman–Crippen LogP) is 2.95. The van der Waals surface area contributed by atoms with Crippen molar-refractivity contribution in [1.29, 1.82) is 0 Å². The van der Waals surface area contributed by atoms with Crippen LogP contribution in [0.25, 0.3) is 0 Å². The summed E-state index contributed by atoms with van der Waals surface area (Å²) in [6.07, 6.45) is 6.74. The monoisotopic (exact) mass is 256 g/mol. The van der Waals surface area contributed by atoms with Crippen molar-refractivity contribution in [2.75, 3.05) is 0 Å². The van der Waals surface area contributed by atoms with Crippen molar-refractivity contribution in [1.82, 2.24) is 0 Å². The Balaban J connectivity index is 2.54. The van der Waals surface area contributed by atoms with Gasteiger partial charge in [0.15, 0.2) is 0 Å². The van der Waals surface area contributed by atoms with Crippen molar-refractivity contribution in [3.8, 4) is 0 Å². The van der Waals surface area contributed by atoms with E-state index >= 15 is 0 Å². The zero-order valence-electron chi connectivity index (χ0n) is 6.18. The molecule has 0 amide bonds. The van der Waals surface area contributed by atoms with E-state index in [0.717, 1.165) is 12.8 Å². The van der Waals surface area contributed by atoms with Gasteiger partial charge in [0.2, 0.25) is 0 Å². The molecule has 1 heteroatoms. The van der Waals surface area contributed by atoms with Gasteiger partial charge in [-0.3, -0.25) is 0 Å². The SMILES string of the molecule is Ic1cccc2c1CC=CC2. The highest BCUT2D eigenvalue weighted by atomic mass is 127. The molecule has 0 nitrogen and oxygen atoms in total. The predicted molar refractivity (Wildman–Crippen MR) is 55.7 cm³/mol. The molecule has 56 valence electrons. The summed E-state index contributed by atoms with van der Waals surface area (Å²) in [6.45, 7) is 0. The number of halogens is 1. The third kappa shape index (κ3) is 1.34. The molecular formula is C10H9I. The number of benzene rings is 1. The third-order valence-electron chi connectivity index (χ3n) is 2.04. The van der Waals surface area contributed by atoms with Gasteiger partial charge in [0.25, 0.3) is 0 Å². The maximum absolute atomic E-state index is 2.41. The summed E-state index contributed by atoms with van der Waals surface area (Å²) in [6, 6.07) is 6.54. The first-order valence-corrected chi connectivity index (χ1v) is 4.87. The van der Waals surface area contributed by atoms with Gasteiger partial charge in [-0.15, -0.1) is 0 Å². The number of rotatable bonds is 0. The Morgan fingerprint density at radius 1 is 1.09 bits per heavy atom. The summed E-state index contributed by atoms with van der Waals surface area (Å²) < 4.78 is 1.41. The number of fused-ring (bicyclic) bond motifs is 1. The summed E-state index contributed by atoms with van der Waals surface area (Å²) in [5, 5.41) is 0. The van der Waals surface area contributed by atoms with Crippen molar-refractivity contribution in [3.05, 3.63) is 45.0 Å². The van der Waals surface area contributed by atoms with Gasteiger partial charge in [-0.25, -0.2) is 0 Å². The van der Waals surface area contributed by atoms with Crippen molar-refractivity contribution >= 4 is 22.6 Å². The van der Waals surface area contributed by atoms with Crippen LogP contribution in [-0.4, -0.2) is 0 Å². The highest BCUT2D eigenvalue weighted by Gasteiger charge is 2.06. The third-order valence-corrected chi connectivity index (χ3v) is 3.05. The van der Waals surface area contributed by atoms with Crippen LogP contribution in [0.2, 0.25) is 0 Å². The molecule has 0 heterocycles. The number of hydrogen-bond donors (Lipinski definition) is 0. The van der Waals surface area contributed by atoms with E-state index in [4.69, 9.17) is 0 Å². The number of hydrogen-bond acceptors (Lipinski definition) is 0. The van der Waals surface area contributed by atoms with E-state index < -0.39 is 0 Å². The fourth-order valence-electron chi connectivity index (χ4n) is 1.43. The van der Waals surface area contributed by atoms with E-state index in [2.05, 4.69) is 52.9 Å². The van der Waals surface area contributed by atoms with Crippen LogP contribution in [-0.2, 0) is 12.8 Å². The smallest absolute Gasteiger partial charge is 0.0168 e. The molecule has 1 aliphatic carbocycles. The van der Waals surface area contributed by atoms with Gasteiger partial charge in [0, 0.05) is 3.57 Å². The Bertz CT molecular complexity index is 300. The minimum atomic E-state index is 1.12. The largest absolute Gasteiger partial charge is 0.0838 e. The first kappa shape index (κ1) is 7.35. The molecule has 0 spiro atoms. The van der Waals surface area contributed by atoms with E-state index in [9.17, 15) is 0 Å².